The van der Waals surface area contributed by atoms with Gasteiger partial charge in [0.05, 0.1) is 6.04 Å². The van der Waals surface area contributed by atoms with Gasteiger partial charge in [0.15, 0.2) is 6.10 Å². The fraction of sp³-hybridized carbons (Fsp3) is 0.600. The van der Waals surface area contributed by atoms with Crippen molar-refractivity contribution in [2.75, 3.05) is 20.6 Å². The Kier molecular flexibility index (Phi) is 14.5. The van der Waals surface area contributed by atoms with E-state index in [4.69, 9.17) is 4.74 Å². The third kappa shape index (κ3) is 10.6. The number of rotatable bonds is 16. The number of ether oxygens (including phenoxy) is 1. The number of carboxylic acids is 1. The highest BCUT2D eigenvalue weighted by Gasteiger charge is 2.37. The summed E-state index contributed by atoms with van der Waals surface area (Å²) in [6.45, 7) is 9.98. The zero-order chi connectivity index (χ0) is 35.5. The standard InChI is InChI=1S/C35H51N5O7S/c1-8-22(4)30(38-32(43)27-16-12-13-17-39(27)6)34(44)40(7)28(21(2)3)19-29(47-23(5)41)33-37-26(20-48-33)31(42)36-25(35(45)46)18-24-14-10-9-11-15-24/h9-11,14-15,20-22,25,27-30H,8,12-13,16-19H2,1-7H3,(H,36,42)(H,38,43)(H,45,46)/t22-,25-,27?,28+,29+,30?/m0/s1. The van der Waals surface area contributed by atoms with Crippen LogP contribution in [0.4, 0.5) is 0 Å². The summed E-state index contributed by atoms with van der Waals surface area (Å²) in [6, 6.07) is 6.40. The number of aliphatic carboxylic acids is 1. The molecule has 2 heterocycles. The Hall–Kier alpha value is -3.84. The Morgan fingerprint density at radius 2 is 1.79 bits per heavy atom. The molecular formula is C35H51N5O7S. The van der Waals surface area contributed by atoms with Gasteiger partial charge in [-0.15, -0.1) is 11.3 Å². The van der Waals surface area contributed by atoms with Crippen molar-refractivity contribution in [3.8, 4) is 0 Å². The van der Waals surface area contributed by atoms with Crippen molar-refractivity contribution >= 4 is 41.0 Å². The molecule has 264 valence electrons. The average Bonchev–Trinajstić information content (AvgIpc) is 3.55. The van der Waals surface area contributed by atoms with E-state index in [1.54, 1.807) is 36.2 Å². The van der Waals surface area contributed by atoms with E-state index in [1.165, 1.54) is 12.3 Å². The summed E-state index contributed by atoms with van der Waals surface area (Å²) in [4.78, 5) is 72.8. The molecule has 2 aromatic rings. The second kappa shape index (κ2) is 18.1. The molecule has 2 unspecified atom stereocenters. The number of hydrogen-bond acceptors (Lipinski definition) is 9. The fourth-order valence-electron chi connectivity index (χ4n) is 6.04. The van der Waals surface area contributed by atoms with Crippen molar-refractivity contribution in [1.29, 1.82) is 0 Å². The largest absolute Gasteiger partial charge is 0.480 e. The smallest absolute Gasteiger partial charge is 0.326 e. The number of nitrogens with one attached hydrogen (secondary N) is 2. The minimum atomic E-state index is -1.18. The van der Waals surface area contributed by atoms with E-state index in [2.05, 4.69) is 15.6 Å². The van der Waals surface area contributed by atoms with E-state index in [-0.39, 0.29) is 48.2 Å². The zero-order valence-electron chi connectivity index (χ0n) is 29.1. The van der Waals surface area contributed by atoms with Crippen LogP contribution in [-0.2, 0) is 30.3 Å². The molecule has 3 N–H and O–H groups in total. The Labute approximate surface area is 287 Å². The Morgan fingerprint density at radius 1 is 1.10 bits per heavy atom. The van der Waals surface area contributed by atoms with Crippen molar-refractivity contribution < 1.29 is 33.8 Å². The molecule has 1 aliphatic rings. The highest BCUT2D eigenvalue weighted by atomic mass is 32.1. The lowest BCUT2D eigenvalue weighted by Gasteiger charge is -2.38. The molecule has 3 rings (SSSR count). The van der Waals surface area contributed by atoms with Gasteiger partial charge < -0.3 is 25.4 Å². The van der Waals surface area contributed by atoms with Crippen LogP contribution in [0.15, 0.2) is 35.7 Å². The van der Waals surface area contributed by atoms with Gasteiger partial charge >= 0.3 is 11.9 Å². The van der Waals surface area contributed by atoms with Crippen molar-refractivity contribution in [2.24, 2.45) is 11.8 Å². The number of nitrogens with zero attached hydrogens (tertiary/aromatic N) is 3. The van der Waals surface area contributed by atoms with Crippen LogP contribution in [0.3, 0.4) is 0 Å². The first-order valence-electron chi connectivity index (χ1n) is 16.7. The number of carbonyl (C=O) groups excluding carboxylic acids is 4. The average molecular weight is 686 g/mol. The van der Waals surface area contributed by atoms with Crippen LogP contribution < -0.4 is 10.6 Å². The van der Waals surface area contributed by atoms with E-state index in [0.29, 0.717) is 11.4 Å². The molecule has 0 bridgehead atoms. The van der Waals surface area contributed by atoms with Gasteiger partial charge in [-0.05, 0) is 43.8 Å². The third-order valence-corrected chi connectivity index (χ3v) is 10.1. The first-order chi connectivity index (χ1) is 22.7. The van der Waals surface area contributed by atoms with Crippen LogP contribution in [-0.4, -0.2) is 94.4 Å². The summed E-state index contributed by atoms with van der Waals surface area (Å²) >= 11 is 1.12. The van der Waals surface area contributed by atoms with Crippen molar-refractivity contribution in [2.45, 2.75) is 103 Å². The maximum absolute atomic E-state index is 14.1. The summed E-state index contributed by atoms with van der Waals surface area (Å²) in [5, 5.41) is 17.2. The number of amides is 3. The van der Waals surface area contributed by atoms with E-state index in [1.807, 2.05) is 45.7 Å². The van der Waals surface area contributed by atoms with Gasteiger partial charge in [0.1, 0.15) is 22.8 Å². The number of esters is 1. The molecule has 1 aliphatic heterocycles. The van der Waals surface area contributed by atoms with Crippen LogP contribution in [0.5, 0.6) is 0 Å². The number of carboxylic acid groups (broad SMARTS) is 1. The molecule has 0 saturated carbocycles. The molecule has 48 heavy (non-hydrogen) atoms. The highest BCUT2D eigenvalue weighted by molar-refractivity contribution is 7.09. The fourth-order valence-corrected chi connectivity index (χ4v) is 6.88. The van der Waals surface area contributed by atoms with Gasteiger partial charge in [-0.25, -0.2) is 9.78 Å². The van der Waals surface area contributed by atoms with Gasteiger partial charge in [-0.2, -0.15) is 0 Å². The van der Waals surface area contributed by atoms with E-state index < -0.39 is 42.1 Å². The SMILES string of the molecule is CC[C@H](C)C(NC(=O)C1CCCCN1C)C(=O)N(C)[C@H](C[C@@H](OC(C)=O)c1nc(C(=O)N[C@@H](Cc2ccccc2)C(=O)O)cs1)C(C)C. The van der Waals surface area contributed by atoms with E-state index >= 15 is 0 Å². The van der Waals surface area contributed by atoms with Gasteiger partial charge in [-0.3, -0.25) is 24.1 Å². The Balaban J connectivity index is 1.79. The number of thiazole rings is 1. The van der Waals surface area contributed by atoms with Crippen molar-refractivity contribution in [3.63, 3.8) is 0 Å². The summed E-state index contributed by atoms with van der Waals surface area (Å²) in [6.07, 6.45) is 2.86. The second-order valence-corrected chi connectivity index (χ2v) is 14.0. The highest BCUT2D eigenvalue weighted by Crippen LogP contribution is 2.31. The molecule has 13 heteroatoms. The number of likely N-dealkylation sites (N-methyl/N-ethyl adjacent to an activating group) is 2. The first-order valence-corrected chi connectivity index (χ1v) is 17.6. The number of piperidine rings is 1. The molecule has 3 amide bonds. The number of aromatic nitrogens is 1. The minimum Gasteiger partial charge on any atom is -0.480 e. The molecule has 0 radical (unpaired) electrons. The maximum atomic E-state index is 14.1. The van der Waals surface area contributed by atoms with Crippen LogP contribution in [0.2, 0.25) is 0 Å². The van der Waals surface area contributed by atoms with Gasteiger partial charge in [-0.1, -0.05) is 70.9 Å². The first kappa shape index (κ1) is 38.6. The van der Waals surface area contributed by atoms with E-state index in [0.717, 1.165) is 42.7 Å². The number of likely N-dealkylation sites (tertiary alicyclic amines) is 1. The number of hydrogen-bond donors (Lipinski definition) is 3. The predicted octanol–water partition coefficient (Wildman–Crippen LogP) is 4.06. The molecule has 1 saturated heterocycles. The molecule has 6 atom stereocenters. The summed E-state index contributed by atoms with van der Waals surface area (Å²) in [5.74, 6) is -2.94. The molecule has 0 spiro atoms. The summed E-state index contributed by atoms with van der Waals surface area (Å²) in [5.41, 5.74) is 0.762. The normalized spacial score (nSPS) is 18.2. The van der Waals surface area contributed by atoms with Crippen LogP contribution in [0.1, 0.15) is 93.9 Å². The van der Waals surface area contributed by atoms with Crippen molar-refractivity contribution in [1.82, 2.24) is 25.4 Å². The molecule has 0 aliphatic carbocycles. The lowest BCUT2D eigenvalue weighted by atomic mass is 9.92. The lowest BCUT2D eigenvalue weighted by Crippen LogP contribution is -2.58. The predicted molar refractivity (Wildman–Crippen MR) is 183 cm³/mol. The lowest BCUT2D eigenvalue weighted by molar-refractivity contribution is -0.149. The van der Waals surface area contributed by atoms with Gasteiger partial charge in [0.25, 0.3) is 5.91 Å². The minimum absolute atomic E-state index is 0.00391. The molecule has 1 fully saturated rings. The summed E-state index contributed by atoms with van der Waals surface area (Å²) in [7, 11) is 3.63. The van der Waals surface area contributed by atoms with E-state index in [9.17, 15) is 29.1 Å². The molecule has 12 nitrogen and oxygen atoms in total. The van der Waals surface area contributed by atoms with Gasteiger partial charge in [0.2, 0.25) is 11.8 Å². The van der Waals surface area contributed by atoms with Crippen LogP contribution in [0, 0.1) is 11.8 Å². The van der Waals surface area contributed by atoms with Crippen molar-refractivity contribution in [3.05, 3.63) is 52.0 Å². The summed E-state index contributed by atoms with van der Waals surface area (Å²) < 4.78 is 5.69. The van der Waals surface area contributed by atoms with Gasteiger partial charge in [0, 0.05) is 38.2 Å². The maximum Gasteiger partial charge on any atom is 0.326 e. The second-order valence-electron chi connectivity index (χ2n) is 13.1. The molecule has 1 aromatic carbocycles. The molecular weight excluding hydrogens is 634 g/mol. The Bertz CT molecular complexity index is 1400. The Morgan fingerprint density at radius 3 is 2.38 bits per heavy atom. The molecule has 1 aromatic heterocycles. The topological polar surface area (TPSA) is 158 Å². The number of carbonyl (C=O) groups is 5. The zero-order valence-corrected chi connectivity index (χ0v) is 29.9. The van der Waals surface area contributed by atoms with Crippen LogP contribution >= 0.6 is 11.3 Å². The van der Waals surface area contributed by atoms with Crippen LogP contribution in [0.25, 0.3) is 0 Å². The quantitative estimate of drug-likeness (QED) is 0.222. The number of benzene rings is 1. The third-order valence-electron chi connectivity index (χ3n) is 9.14. The monoisotopic (exact) mass is 685 g/mol.